The molecule has 25 heavy (non-hydrogen) atoms. The van der Waals surface area contributed by atoms with Crippen LogP contribution in [0.2, 0.25) is 0 Å². The molecule has 0 atom stereocenters. The van der Waals surface area contributed by atoms with E-state index in [1.807, 2.05) is 18.2 Å². The van der Waals surface area contributed by atoms with Crippen LogP contribution in [0, 0.1) is 5.92 Å². The van der Waals surface area contributed by atoms with Gasteiger partial charge in [-0.2, -0.15) is 0 Å². The average Bonchev–Trinajstić information content (AvgIpc) is 2.83. The van der Waals surface area contributed by atoms with Gasteiger partial charge in [0.05, 0.1) is 17.1 Å². The lowest BCUT2D eigenvalue weighted by Crippen LogP contribution is -2.56. The number of nitrogens with zero attached hydrogens (tertiary/aromatic N) is 3. The Labute approximate surface area is 145 Å². The highest BCUT2D eigenvalue weighted by Gasteiger charge is 2.51. The van der Waals surface area contributed by atoms with Gasteiger partial charge in [0.15, 0.2) is 0 Å². The van der Waals surface area contributed by atoms with Gasteiger partial charge in [-0.15, -0.1) is 0 Å². The number of fused-ring (bicyclic) bond motifs is 1. The van der Waals surface area contributed by atoms with Gasteiger partial charge in [0, 0.05) is 37.3 Å². The molecular weight excluding hydrogens is 324 g/mol. The summed E-state index contributed by atoms with van der Waals surface area (Å²) in [4.78, 5) is 18.8. The largest absolute Gasteiger partial charge is 0.338 e. The first-order valence-corrected chi connectivity index (χ1v) is 8.80. The van der Waals surface area contributed by atoms with E-state index in [2.05, 4.69) is 31.4 Å². The maximum absolute atomic E-state index is 13.0. The van der Waals surface area contributed by atoms with Gasteiger partial charge in [0.25, 0.3) is 0 Å². The monoisotopic (exact) mass is 347 g/mol. The molecule has 0 spiro atoms. The summed E-state index contributed by atoms with van der Waals surface area (Å²) in [6, 6.07) is 8.17. The Balaban J connectivity index is 1.55. The number of para-hydroxylation sites is 2. The van der Waals surface area contributed by atoms with Gasteiger partial charge in [-0.3, -0.25) is 4.79 Å². The van der Waals surface area contributed by atoms with Crippen molar-refractivity contribution in [2.24, 2.45) is 5.92 Å². The predicted octanol–water partition coefficient (Wildman–Crippen LogP) is 3.76. The lowest BCUT2D eigenvalue weighted by Gasteiger charge is -2.45. The number of hydrogen-bond donors (Lipinski definition) is 0. The van der Waals surface area contributed by atoms with Gasteiger partial charge in [-0.05, 0) is 12.1 Å². The molecule has 2 aromatic rings. The van der Waals surface area contributed by atoms with E-state index in [0.29, 0.717) is 13.1 Å². The molecule has 4 rings (SSSR count). The molecule has 0 unspecified atom stereocenters. The van der Waals surface area contributed by atoms with Crippen LogP contribution in [0.25, 0.3) is 11.0 Å². The van der Waals surface area contributed by atoms with E-state index in [0.717, 1.165) is 16.9 Å². The molecule has 1 amide bonds. The number of aromatic nitrogens is 2. The number of imidazole rings is 1. The zero-order chi connectivity index (χ0) is 18.0. The number of likely N-dealkylation sites (tertiary alicyclic amines) is 1. The minimum atomic E-state index is -2.65. The van der Waals surface area contributed by atoms with Crippen LogP contribution >= 0.6 is 0 Å². The summed E-state index contributed by atoms with van der Waals surface area (Å²) in [6.07, 6.45) is -0.595. The van der Waals surface area contributed by atoms with Gasteiger partial charge >= 0.3 is 0 Å². The van der Waals surface area contributed by atoms with Crippen LogP contribution < -0.4 is 0 Å². The summed E-state index contributed by atoms with van der Waals surface area (Å²) in [5.74, 6) is -2.27. The fraction of sp³-hybridized carbons (Fsp3) is 0.579. The summed E-state index contributed by atoms with van der Waals surface area (Å²) in [7, 11) is 0. The van der Waals surface area contributed by atoms with E-state index in [-0.39, 0.29) is 30.2 Å². The fourth-order valence-corrected chi connectivity index (χ4v) is 3.84. The van der Waals surface area contributed by atoms with Crippen molar-refractivity contribution in [3.05, 3.63) is 30.1 Å². The van der Waals surface area contributed by atoms with E-state index < -0.39 is 11.8 Å². The minimum Gasteiger partial charge on any atom is -0.338 e. The third-order valence-electron chi connectivity index (χ3n) is 5.25. The van der Waals surface area contributed by atoms with Crippen molar-refractivity contribution in [1.82, 2.24) is 14.5 Å². The quantitative estimate of drug-likeness (QED) is 0.830. The first-order valence-electron chi connectivity index (χ1n) is 8.80. The molecule has 1 aliphatic heterocycles. The summed E-state index contributed by atoms with van der Waals surface area (Å²) in [5.41, 5.74) is 1.91. The molecule has 2 fully saturated rings. The Bertz CT molecular complexity index is 823. The van der Waals surface area contributed by atoms with Gasteiger partial charge < -0.3 is 9.47 Å². The topological polar surface area (TPSA) is 38.1 Å². The lowest BCUT2D eigenvalue weighted by molar-refractivity contribution is -0.164. The molecule has 4 nitrogen and oxygen atoms in total. The second-order valence-electron chi connectivity index (χ2n) is 8.40. The smallest absolute Gasteiger partial charge is 0.249 e. The molecule has 1 aromatic heterocycles. The Morgan fingerprint density at radius 2 is 1.84 bits per heavy atom. The van der Waals surface area contributed by atoms with Crippen molar-refractivity contribution in [3.63, 3.8) is 0 Å². The molecule has 2 aliphatic rings. The van der Waals surface area contributed by atoms with Crippen molar-refractivity contribution in [2.75, 3.05) is 13.1 Å². The van der Waals surface area contributed by atoms with Gasteiger partial charge in [0.2, 0.25) is 11.8 Å². The number of hydrogen-bond acceptors (Lipinski definition) is 2. The van der Waals surface area contributed by atoms with E-state index in [1.165, 1.54) is 0 Å². The first-order chi connectivity index (χ1) is 11.7. The van der Waals surface area contributed by atoms with Crippen molar-refractivity contribution < 1.29 is 13.6 Å². The summed E-state index contributed by atoms with van der Waals surface area (Å²) >= 11 is 0. The number of carbonyl (C=O) groups excluding carboxylic acids is 1. The van der Waals surface area contributed by atoms with Crippen LogP contribution in [0.5, 0.6) is 0 Å². The predicted molar refractivity (Wildman–Crippen MR) is 91.7 cm³/mol. The standard InChI is InChI=1S/C19H23F2N3O/c1-18(2,3)17-22-14-6-4-5-7-15(14)24(17)13-10-23(11-13)16(25)12-8-19(20,21)9-12/h4-7,12-13H,8-11H2,1-3H3. The number of carbonyl (C=O) groups is 1. The Hall–Kier alpha value is -1.98. The molecule has 0 N–H and O–H groups in total. The molecule has 1 aromatic carbocycles. The average molecular weight is 347 g/mol. The van der Waals surface area contributed by atoms with Crippen LogP contribution in [-0.4, -0.2) is 39.4 Å². The summed E-state index contributed by atoms with van der Waals surface area (Å²) in [6.45, 7) is 7.53. The van der Waals surface area contributed by atoms with Crippen molar-refractivity contribution in [1.29, 1.82) is 0 Å². The molecule has 6 heteroatoms. The van der Waals surface area contributed by atoms with E-state index in [9.17, 15) is 13.6 Å². The molecule has 0 radical (unpaired) electrons. The van der Waals surface area contributed by atoms with Crippen LogP contribution in [0.3, 0.4) is 0 Å². The van der Waals surface area contributed by atoms with Crippen LogP contribution in [0.15, 0.2) is 24.3 Å². The normalized spacial score (nSPS) is 21.2. The van der Waals surface area contributed by atoms with Crippen LogP contribution in [0.1, 0.15) is 45.5 Å². The third kappa shape index (κ3) is 2.71. The second-order valence-corrected chi connectivity index (χ2v) is 8.40. The van der Waals surface area contributed by atoms with Gasteiger partial charge in [-0.1, -0.05) is 32.9 Å². The van der Waals surface area contributed by atoms with Gasteiger partial charge in [-0.25, -0.2) is 13.8 Å². The molecule has 1 saturated heterocycles. The number of rotatable bonds is 2. The third-order valence-corrected chi connectivity index (χ3v) is 5.25. The highest BCUT2D eigenvalue weighted by Crippen LogP contribution is 2.44. The maximum Gasteiger partial charge on any atom is 0.249 e. The highest BCUT2D eigenvalue weighted by molar-refractivity contribution is 5.81. The minimum absolute atomic E-state index is 0.112. The van der Waals surface area contributed by atoms with Crippen LogP contribution in [0.4, 0.5) is 8.78 Å². The van der Waals surface area contributed by atoms with Crippen LogP contribution in [-0.2, 0) is 10.2 Å². The summed E-state index contributed by atoms with van der Waals surface area (Å²) < 4.78 is 28.2. The van der Waals surface area contributed by atoms with Crippen molar-refractivity contribution in [3.8, 4) is 0 Å². The Morgan fingerprint density at radius 1 is 1.20 bits per heavy atom. The molecular formula is C19H23F2N3O. The van der Waals surface area contributed by atoms with E-state index in [4.69, 9.17) is 4.98 Å². The number of benzene rings is 1. The lowest BCUT2D eigenvalue weighted by atomic mass is 9.79. The van der Waals surface area contributed by atoms with Crippen molar-refractivity contribution >= 4 is 16.9 Å². The maximum atomic E-state index is 13.0. The van der Waals surface area contributed by atoms with E-state index in [1.54, 1.807) is 4.90 Å². The van der Waals surface area contributed by atoms with Crippen molar-refractivity contribution in [2.45, 2.75) is 51.0 Å². The fourth-order valence-electron chi connectivity index (χ4n) is 3.84. The number of amides is 1. The molecule has 134 valence electrons. The number of alkyl halides is 2. The molecule has 2 heterocycles. The molecule has 0 bridgehead atoms. The Kier molecular flexibility index (Phi) is 3.47. The zero-order valence-corrected chi connectivity index (χ0v) is 14.8. The van der Waals surface area contributed by atoms with Gasteiger partial charge in [0.1, 0.15) is 5.82 Å². The molecule has 1 aliphatic carbocycles. The Morgan fingerprint density at radius 3 is 2.44 bits per heavy atom. The van der Waals surface area contributed by atoms with E-state index >= 15 is 0 Å². The second kappa shape index (κ2) is 5.26. The number of halogens is 2. The first kappa shape index (κ1) is 16.5. The SMILES string of the molecule is CC(C)(C)c1nc2ccccc2n1C1CN(C(=O)C2CC(F)(F)C2)C1. The molecule has 1 saturated carbocycles. The summed E-state index contributed by atoms with van der Waals surface area (Å²) in [5, 5.41) is 0. The zero-order valence-electron chi connectivity index (χ0n) is 14.8. The highest BCUT2D eigenvalue weighted by atomic mass is 19.3.